The van der Waals surface area contributed by atoms with Crippen LogP contribution >= 0.6 is 0 Å². The van der Waals surface area contributed by atoms with E-state index in [9.17, 15) is 4.79 Å². The van der Waals surface area contributed by atoms with Gasteiger partial charge in [0.1, 0.15) is 5.75 Å². The molecule has 0 aliphatic heterocycles. The molecular weight excluding hydrogens is 252 g/mol. The number of ether oxygens (including phenoxy) is 1. The molecule has 0 bridgehead atoms. The van der Waals surface area contributed by atoms with Gasteiger partial charge in [0.2, 0.25) is 0 Å². The van der Waals surface area contributed by atoms with Gasteiger partial charge in [0.25, 0.3) is 0 Å². The van der Waals surface area contributed by atoms with Gasteiger partial charge in [-0.05, 0) is 30.0 Å². The van der Waals surface area contributed by atoms with Crippen molar-refractivity contribution in [2.45, 2.75) is 33.1 Å². The highest BCUT2D eigenvalue weighted by Crippen LogP contribution is 2.35. The molecule has 0 amide bonds. The van der Waals surface area contributed by atoms with Crippen molar-refractivity contribution in [1.82, 2.24) is 10.2 Å². The standard InChI is InChI=1S/C16H20N2O2/c1-5-20-14-7-6-12(16(2,3)4)8-13(14)15-11(10-19)9-17-18-15/h6-10H,5H2,1-4H3,(H,17,18). The minimum Gasteiger partial charge on any atom is -0.493 e. The van der Waals surface area contributed by atoms with E-state index in [4.69, 9.17) is 4.74 Å². The van der Waals surface area contributed by atoms with Crippen molar-refractivity contribution in [3.63, 3.8) is 0 Å². The molecule has 1 N–H and O–H groups in total. The smallest absolute Gasteiger partial charge is 0.153 e. The first-order valence-corrected chi connectivity index (χ1v) is 6.73. The van der Waals surface area contributed by atoms with Gasteiger partial charge in [-0.3, -0.25) is 9.89 Å². The van der Waals surface area contributed by atoms with E-state index in [0.29, 0.717) is 17.9 Å². The quantitative estimate of drug-likeness (QED) is 0.865. The topological polar surface area (TPSA) is 55.0 Å². The molecule has 0 radical (unpaired) electrons. The summed E-state index contributed by atoms with van der Waals surface area (Å²) >= 11 is 0. The second-order valence-electron chi connectivity index (χ2n) is 5.71. The van der Waals surface area contributed by atoms with Gasteiger partial charge in [-0.2, -0.15) is 5.10 Å². The number of aromatic nitrogens is 2. The predicted octanol–water partition coefficient (Wildman–Crippen LogP) is 3.59. The number of carbonyl (C=O) groups is 1. The Kier molecular flexibility index (Phi) is 3.93. The summed E-state index contributed by atoms with van der Waals surface area (Å²) in [6.45, 7) is 8.97. The SMILES string of the molecule is CCOc1ccc(C(C)(C)C)cc1-c1[nH]ncc1C=O. The fourth-order valence-corrected chi connectivity index (χ4v) is 2.07. The molecular formula is C16H20N2O2. The van der Waals surface area contributed by atoms with Gasteiger partial charge in [-0.15, -0.1) is 0 Å². The summed E-state index contributed by atoms with van der Waals surface area (Å²) in [5.74, 6) is 0.757. The van der Waals surface area contributed by atoms with Crippen LogP contribution in [0, 0.1) is 0 Å². The van der Waals surface area contributed by atoms with Crippen LogP contribution in [0.15, 0.2) is 24.4 Å². The average molecular weight is 272 g/mol. The van der Waals surface area contributed by atoms with E-state index in [2.05, 4.69) is 43.1 Å². The van der Waals surface area contributed by atoms with Gasteiger partial charge >= 0.3 is 0 Å². The van der Waals surface area contributed by atoms with Gasteiger partial charge in [0.05, 0.1) is 24.1 Å². The minimum atomic E-state index is 0.0286. The molecule has 1 heterocycles. The lowest BCUT2D eigenvalue weighted by atomic mass is 9.85. The van der Waals surface area contributed by atoms with Gasteiger partial charge in [-0.25, -0.2) is 0 Å². The molecule has 4 nitrogen and oxygen atoms in total. The van der Waals surface area contributed by atoms with Gasteiger partial charge in [0, 0.05) is 5.56 Å². The first kappa shape index (κ1) is 14.3. The molecule has 106 valence electrons. The molecule has 20 heavy (non-hydrogen) atoms. The van der Waals surface area contributed by atoms with Crippen LogP contribution in [0.3, 0.4) is 0 Å². The molecule has 0 aliphatic carbocycles. The number of hydrogen-bond donors (Lipinski definition) is 1. The third-order valence-corrected chi connectivity index (χ3v) is 3.21. The number of nitrogens with one attached hydrogen (secondary N) is 1. The Morgan fingerprint density at radius 1 is 1.35 bits per heavy atom. The van der Waals surface area contributed by atoms with Crippen LogP contribution in [0.5, 0.6) is 5.75 Å². The van der Waals surface area contributed by atoms with Crippen molar-refractivity contribution in [3.8, 4) is 17.0 Å². The number of benzene rings is 1. The molecule has 4 heteroatoms. The second kappa shape index (κ2) is 5.49. The van der Waals surface area contributed by atoms with E-state index in [1.807, 2.05) is 13.0 Å². The fraction of sp³-hybridized carbons (Fsp3) is 0.375. The van der Waals surface area contributed by atoms with Crippen molar-refractivity contribution in [2.75, 3.05) is 6.61 Å². The highest BCUT2D eigenvalue weighted by atomic mass is 16.5. The van der Waals surface area contributed by atoms with E-state index in [1.165, 1.54) is 11.8 Å². The number of carbonyl (C=O) groups excluding carboxylic acids is 1. The summed E-state index contributed by atoms with van der Waals surface area (Å²) in [7, 11) is 0. The van der Waals surface area contributed by atoms with E-state index in [-0.39, 0.29) is 5.41 Å². The van der Waals surface area contributed by atoms with Gasteiger partial charge in [0.15, 0.2) is 6.29 Å². The molecule has 1 aromatic heterocycles. The Morgan fingerprint density at radius 2 is 2.10 bits per heavy atom. The average Bonchev–Trinajstić information content (AvgIpc) is 2.86. The van der Waals surface area contributed by atoms with Crippen LogP contribution in [0.25, 0.3) is 11.3 Å². The molecule has 0 saturated heterocycles. The highest BCUT2D eigenvalue weighted by Gasteiger charge is 2.19. The molecule has 0 atom stereocenters. The van der Waals surface area contributed by atoms with Crippen LogP contribution in [-0.4, -0.2) is 23.1 Å². The van der Waals surface area contributed by atoms with E-state index in [0.717, 1.165) is 17.6 Å². The predicted molar refractivity (Wildman–Crippen MR) is 79.3 cm³/mol. The van der Waals surface area contributed by atoms with Crippen LogP contribution in [0.1, 0.15) is 43.6 Å². The maximum absolute atomic E-state index is 11.1. The molecule has 2 aromatic rings. The van der Waals surface area contributed by atoms with E-state index >= 15 is 0 Å². The zero-order valence-electron chi connectivity index (χ0n) is 12.4. The van der Waals surface area contributed by atoms with Crippen molar-refractivity contribution < 1.29 is 9.53 Å². The third kappa shape index (κ3) is 2.74. The summed E-state index contributed by atoms with van der Waals surface area (Å²) < 4.78 is 5.66. The molecule has 2 rings (SSSR count). The zero-order chi connectivity index (χ0) is 14.8. The van der Waals surface area contributed by atoms with Crippen LogP contribution < -0.4 is 4.74 Å². The zero-order valence-corrected chi connectivity index (χ0v) is 12.4. The maximum atomic E-state index is 11.1. The number of aldehydes is 1. The third-order valence-electron chi connectivity index (χ3n) is 3.21. The lowest BCUT2D eigenvalue weighted by Gasteiger charge is -2.21. The van der Waals surface area contributed by atoms with Crippen molar-refractivity contribution >= 4 is 6.29 Å². The number of hydrogen-bond acceptors (Lipinski definition) is 3. The molecule has 1 aromatic carbocycles. The summed E-state index contributed by atoms with van der Waals surface area (Å²) in [6.07, 6.45) is 2.33. The highest BCUT2D eigenvalue weighted by molar-refractivity contribution is 5.87. The summed E-state index contributed by atoms with van der Waals surface area (Å²) in [4.78, 5) is 11.1. The number of aromatic amines is 1. The molecule has 0 aliphatic rings. The first-order chi connectivity index (χ1) is 9.47. The largest absolute Gasteiger partial charge is 0.493 e. The van der Waals surface area contributed by atoms with Crippen molar-refractivity contribution in [2.24, 2.45) is 0 Å². The number of nitrogens with zero attached hydrogens (tertiary/aromatic N) is 1. The number of rotatable bonds is 4. The van der Waals surface area contributed by atoms with Crippen LogP contribution in [-0.2, 0) is 5.41 Å². The Bertz CT molecular complexity index is 609. The molecule has 0 spiro atoms. The Labute approximate surface area is 119 Å². The Hall–Kier alpha value is -2.10. The van der Waals surface area contributed by atoms with E-state index in [1.54, 1.807) is 0 Å². The van der Waals surface area contributed by atoms with Gasteiger partial charge < -0.3 is 4.74 Å². The fourth-order valence-electron chi connectivity index (χ4n) is 2.07. The molecule has 0 fully saturated rings. The van der Waals surface area contributed by atoms with Gasteiger partial charge in [-0.1, -0.05) is 26.8 Å². The molecule has 0 saturated carbocycles. The lowest BCUT2D eigenvalue weighted by molar-refractivity contribution is 0.112. The van der Waals surface area contributed by atoms with Crippen molar-refractivity contribution in [1.29, 1.82) is 0 Å². The Morgan fingerprint density at radius 3 is 2.70 bits per heavy atom. The lowest BCUT2D eigenvalue weighted by Crippen LogP contribution is -2.11. The summed E-state index contributed by atoms with van der Waals surface area (Å²) in [5.41, 5.74) is 3.33. The van der Waals surface area contributed by atoms with Crippen molar-refractivity contribution in [3.05, 3.63) is 35.5 Å². The monoisotopic (exact) mass is 272 g/mol. The first-order valence-electron chi connectivity index (χ1n) is 6.73. The van der Waals surface area contributed by atoms with E-state index < -0.39 is 0 Å². The maximum Gasteiger partial charge on any atom is 0.153 e. The Balaban J connectivity index is 2.61. The van der Waals surface area contributed by atoms with Crippen LogP contribution in [0.2, 0.25) is 0 Å². The number of H-pyrrole nitrogens is 1. The minimum absolute atomic E-state index is 0.0286. The van der Waals surface area contributed by atoms with Crippen LogP contribution in [0.4, 0.5) is 0 Å². The second-order valence-corrected chi connectivity index (χ2v) is 5.71. The normalized spacial score (nSPS) is 11.4. The molecule has 0 unspecified atom stereocenters. The summed E-state index contributed by atoms with van der Waals surface area (Å²) in [6, 6.07) is 6.08. The summed E-state index contributed by atoms with van der Waals surface area (Å²) in [5, 5.41) is 6.84.